The fraction of sp³-hybridized carbons (Fsp3) is 0. The lowest BCUT2D eigenvalue weighted by molar-refractivity contribution is 0.463. The summed E-state index contributed by atoms with van der Waals surface area (Å²) in [4.78, 5) is -0.230. The van der Waals surface area contributed by atoms with E-state index in [0.29, 0.717) is 11.3 Å². The molecule has 0 spiro atoms. The summed E-state index contributed by atoms with van der Waals surface area (Å²) in [6, 6.07) is 12.1. The second kappa shape index (κ2) is 4.22. The number of fused-ring (bicyclic) bond motifs is 2. The van der Waals surface area contributed by atoms with Crippen molar-refractivity contribution in [3.05, 3.63) is 53.6 Å². The lowest BCUT2D eigenvalue weighted by Crippen LogP contribution is -2.05. The van der Waals surface area contributed by atoms with Crippen LogP contribution in [-0.2, 0) is 10.1 Å². The molecule has 5 heteroatoms. The molecule has 0 fully saturated rings. The minimum absolute atomic E-state index is 0.230. The Labute approximate surface area is 111 Å². The van der Waals surface area contributed by atoms with Gasteiger partial charge in [0.05, 0.1) is 10.6 Å². The molecule has 19 heavy (non-hydrogen) atoms. The van der Waals surface area contributed by atoms with Crippen molar-refractivity contribution in [2.45, 2.75) is 4.90 Å². The van der Waals surface area contributed by atoms with Crippen molar-refractivity contribution < 1.29 is 13.0 Å². The zero-order valence-electron chi connectivity index (χ0n) is 9.83. The van der Waals surface area contributed by atoms with Crippen molar-refractivity contribution in [3.8, 4) is 0 Å². The summed E-state index contributed by atoms with van der Waals surface area (Å²) in [6.07, 6.45) is 3.68. The Balaban J connectivity index is 2.26. The Morgan fingerprint density at radius 1 is 0.895 bits per heavy atom. The molecule has 1 heterocycles. The van der Waals surface area contributed by atoms with E-state index in [2.05, 4.69) is 5.32 Å². The van der Waals surface area contributed by atoms with E-state index >= 15 is 0 Å². The maximum Gasteiger partial charge on any atom is 0.126 e. The second-order valence-electron chi connectivity index (χ2n) is 4.22. The third-order valence-electron chi connectivity index (χ3n) is 2.99. The molecule has 0 radical (unpaired) electrons. The first kappa shape index (κ1) is 12.0. The van der Waals surface area contributed by atoms with Gasteiger partial charge in [0, 0.05) is 5.69 Å². The fourth-order valence-electron chi connectivity index (χ4n) is 2.10. The van der Waals surface area contributed by atoms with Crippen LogP contribution >= 0.6 is 0 Å². The summed E-state index contributed by atoms with van der Waals surface area (Å²) in [5, 5.41) is 3.04. The van der Waals surface area contributed by atoms with Crippen molar-refractivity contribution in [3.63, 3.8) is 0 Å². The molecule has 96 valence electrons. The van der Waals surface area contributed by atoms with Crippen molar-refractivity contribution >= 4 is 33.6 Å². The number of benzene rings is 2. The van der Waals surface area contributed by atoms with Crippen LogP contribution in [0.4, 0.5) is 11.4 Å². The Bertz CT molecular complexity index is 779. The highest BCUT2D eigenvalue weighted by atomic mass is 32.2. The number of para-hydroxylation sites is 2. The summed E-state index contributed by atoms with van der Waals surface area (Å²) >= 11 is 0. The van der Waals surface area contributed by atoms with Crippen LogP contribution in [0.2, 0.25) is 0 Å². The Morgan fingerprint density at radius 3 is 2.37 bits per heavy atom. The van der Waals surface area contributed by atoms with E-state index < -0.39 is 10.1 Å². The minimum atomic E-state index is -4.51. The Kier molecular flexibility index (Phi) is 2.66. The van der Waals surface area contributed by atoms with Gasteiger partial charge in [0.25, 0.3) is 0 Å². The molecular weight excluding hydrogens is 262 g/mol. The summed E-state index contributed by atoms with van der Waals surface area (Å²) in [7, 11) is -4.51. The first-order valence-electron chi connectivity index (χ1n) is 5.69. The third kappa shape index (κ3) is 2.14. The number of rotatable bonds is 1. The molecule has 0 bridgehead atoms. The molecule has 3 rings (SSSR count). The van der Waals surface area contributed by atoms with Crippen LogP contribution in [0.5, 0.6) is 0 Å². The van der Waals surface area contributed by atoms with E-state index in [-0.39, 0.29) is 4.90 Å². The first-order chi connectivity index (χ1) is 9.05. The first-order valence-corrected chi connectivity index (χ1v) is 7.09. The van der Waals surface area contributed by atoms with E-state index in [1.165, 1.54) is 6.07 Å². The van der Waals surface area contributed by atoms with Gasteiger partial charge in [-0.3, -0.25) is 0 Å². The van der Waals surface area contributed by atoms with Crippen LogP contribution in [0.1, 0.15) is 11.1 Å². The quantitative estimate of drug-likeness (QED) is 0.691. The van der Waals surface area contributed by atoms with E-state index in [0.717, 1.165) is 11.3 Å². The molecule has 0 amide bonds. The fourth-order valence-corrected chi connectivity index (χ4v) is 2.76. The maximum absolute atomic E-state index is 11.3. The average molecular weight is 272 g/mol. The van der Waals surface area contributed by atoms with Gasteiger partial charge in [0.2, 0.25) is 0 Å². The SMILES string of the molecule is O=S(=O)([O-])c1cccc2c1Nc1ccccc1C=C2. The molecule has 0 aliphatic carbocycles. The normalized spacial score (nSPS) is 13.1. The highest BCUT2D eigenvalue weighted by Gasteiger charge is 2.15. The van der Waals surface area contributed by atoms with Crippen molar-refractivity contribution in [1.29, 1.82) is 0 Å². The van der Waals surface area contributed by atoms with E-state index in [9.17, 15) is 13.0 Å². The topological polar surface area (TPSA) is 69.2 Å². The highest BCUT2D eigenvalue weighted by molar-refractivity contribution is 7.86. The maximum atomic E-state index is 11.3. The molecule has 1 aliphatic heterocycles. The number of hydrogen-bond donors (Lipinski definition) is 1. The second-order valence-corrected chi connectivity index (χ2v) is 5.57. The minimum Gasteiger partial charge on any atom is -0.744 e. The zero-order chi connectivity index (χ0) is 13.5. The zero-order valence-corrected chi connectivity index (χ0v) is 10.6. The monoisotopic (exact) mass is 272 g/mol. The molecule has 1 N–H and O–H groups in total. The van der Waals surface area contributed by atoms with Gasteiger partial charge in [-0.1, -0.05) is 42.5 Å². The van der Waals surface area contributed by atoms with Crippen molar-refractivity contribution in [2.75, 3.05) is 5.32 Å². The van der Waals surface area contributed by atoms with Gasteiger partial charge >= 0.3 is 0 Å². The van der Waals surface area contributed by atoms with Gasteiger partial charge < -0.3 is 9.87 Å². The Hall–Kier alpha value is -2.11. The van der Waals surface area contributed by atoms with Gasteiger partial charge in [0.15, 0.2) is 0 Å². The van der Waals surface area contributed by atoms with Gasteiger partial charge in [-0.05, 0) is 23.3 Å². The molecule has 4 nitrogen and oxygen atoms in total. The molecule has 0 aromatic heterocycles. The predicted molar refractivity (Wildman–Crippen MR) is 73.1 cm³/mol. The van der Waals surface area contributed by atoms with Crippen LogP contribution in [0.3, 0.4) is 0 Å². The van der Waals surface area contributed by atoms with E-state index in [1.54, 1.807) is 18.2 Å². The number of hydrogen-bond acceptors (Lipinski definition) is 4. The van der Waals surface area contributed by atoms with Crippen LogP contribution in [-0.4, -0.2) is 13.0 Å². The van der Waals surface area contributed by atoms with Crippen LogP contribution < -0.4 is 5.32 Å². The summed E-state index contributed by atoms with van der Waals surface area (Å²) in [6.45, 7) is 0. The lowest BCUT2D eigenvalue weighted by atomic mass is 10.1. The number of nitrogens with one attached hydrogen (secondary N) is 1. The number of anilines is 2. The van der Waals surface area contributed by atoms with Gasteiger partial charge in [-0.25, -0.2) is 8.42 Å². The molecular formula is C14H10NO3S-. The largest absolute Gasteiger partial charge is 0.744 e. The third-order valence-corrected chi connectivity index (χ3v) is 3.87. The van der Waals surface area contributed by atoms with Crippen LogP contribution in [0, 0.1) is 0 Å². The molecule has 0 saturated heterocycles. The summed E-state index contributed by atoms with van der Waals surface area (Å²) < 4.78 is 33.9. The molecule has 0 atom stereocenters. The van der Waals surface area contributed by atoms with Gasteiger partial charge in [-0.2, -0.15) is 0 Å². The molecule has 0 saturated carbocycles. The summed E-state index contributed by atoms with van der Waals surface area (Å²) in [5.74, 6) is 0. The summed E-state index contributed by atoms with van der Waals surface area (Å²) in [5.41, 5.74) is 2.72. The standard InChI is InChI=1S/C14H11NO3S/c16-19(17,18)13-7-3-5-11-9-8-10-4-1-2-6-12(10)15-14(11)13/h1-9,15H,(H,16,17,18)/p-1. The smallest absolute Gasteiger partial charge is 0.126 e. The van der Waals surface area contributed by atoms with Gasteiger partial charge in [-0.15, -0.1) is 0 Å². The van der Waals surface area contributed by atoms with Gasteiger partial charge in [0.1, 0.15) is 10.1 Å². The average Bonchev–Trinajstić information content (AvgIpc) is 2.56. The van der Waals surface area contributed by atoms with E-state index in [1.807, 2.05) is 30.3 Å². The predicted octanol–water partition coefficient (Wildman–Crippen LogP) is 2.82. The van der Waals surface area contributed by atoms with Crippen LogP contribution in [0.25, 0.3) is 12.2 Å². The lowest BCUT2D eigenvalue weighted by Gasteiger charge is -2.16. The Morgan fingerprint density at radius 2 is 1.58 bits per heavy atom. The molecule has 1 aliphatic rings. The van der Waals surface area contributed by atoms with Crippen molar-refractivity contribution in [2.24, 2.45) is 0 Å². The molecule has 2 aromatic carbocycles. The highest BCUT2D eigenvalue weighted by Crippen LogP contribution is 2.34. The molecule has 0 unspecified atom stereocenters. The van der Waals surface area contributed by atoms with Crippen LogP contribution in [0.15, 0.2) is 47.4 Å². The van der Waals surface area contributed by atoms with Crippen molar-refractivity contribution in [1.82, 2.24) is 0 Å². The van der Waals surface area contributed by atoms with E-state index in [4.69, 9.17) is 0 Å². The molecule has 2 aromatic rings.